The lowest BCUT2D eigenvalue weighted by Crippen LogP contribution is -2.36. The van der Waals surface area contributed by atoms with E-state index in [1.54, 1.807) is 6.20 Å². The number of nitrogen functional groups attached to an aromatic ring is 1. The predicted molar refractivity (Wildman–Crippen MR) is 80.3 cm³/mol. The van der Waals surface area contributed by atoms with Gasteiger partial charge in [0.2, 0.25) is 0 Å². The SMILES string of the molecule is CN1CCC(Nc2ccc3ncccc3c2N)CC1. The summed E-state index contributed by atoms with van der Waals surface area (Å²) in [5.74, 6) is 0. The van der Waals surface area contributed by atoms with Crippen LogP contribution < -0.4 is 11.1 Å². The number of aromatic nitrogens is 1. The van der Waals surface area contributed by atoms with E-state index >= 15 is 0 Å². The Kier molecular flexibility index (Phi) is 3.25. The van der Waals surface area contributed by atoms with Gasteiger partial charge in [-0.2, -0.15) is 0 Å². The van der Waals surface area contributed by atoms with Gasteiger partial charge in [-0.05, 0) is 57.2 Å². The number of nitrogens with one attached hydrogen (secondary N) is 1. The van der Waals surface area contributed by atoms with E-state index in [9.17, 15) is 0 Å². The zero-order valence-electron chi connectivity index (χ0n) is 11.3. The summed E-state index contributed by atoms with van der Waals surface area (Å²) in [5.41, 5.74) is 9.05. The Morgan fingerprint density at radius 1 is 1.26 bits per heavy atom. The molecular formula is C15H20N4. The predicted octanol–water partition coefficient (Wildman–Crippen LogP) is 2.32. The van der Waals surface area contributed by atoms with Crippen molar-refractivity contribution >= 4 is 22.3 Å². The number of hydrogen-bond acceptors (Lipinski definition) is 4. The first-order chi connectivity index (χ1) is 9.24. The molecule has 4 nitrogen and oxygen atoms in total. The van der Waals surface area contributed by atoms with E-state index in [2.05, 4.69) is 22.2 Å². The first kappa shape index (κ1) is 12.2. The highest BCUT2D eigenvalue weighted by Crippen LogP contribution is 2.29. The van der Waals surface area contributed by atoms with Gasteiger partial charge in [0.05, 0.1) is 16.9 Å². The molecule has 0 bridgehead atoms. The van der Waals surface area contributed by atoms with Gasteiger partial charge in [-0.3, -0.25) is 4.98 Å². The number of pyridine rings is 1. The molecule has 0 atom stereocenters. The molecule has 0 amide bonds. The summed E-state index contributed by atoms with van der Waals surface area (Å²) in [6.45, 7) is 2.29. The van der Waals surface area contributed by atoms with Gasteiger partial charge >= 0.3 is 0 Å². The summed E-state index contributed by atoms with van der Waals surface area (Å²) < 4.78 is 0. The third-order valence-corrected chi connectivity index (χ3v) is 3.90. The average Bonchev–Trinajstić information content (AvgIpc) is 2.45. The molecule has 2 aromatic rings. The second kappa shape index (κ2) is 5.05. The molecule has 1 fully saturated rings. The zero-order valence-corrected chi connectivity index (χ0v) is 11.3. The van der Waals surface area contributed by atoms with Gasteiger partial charge in [-0.25, -0.2) is 0 Å². The summed E-state index contributed by atoms with van der Waals surface area (Å²) in [6.07, 6.45) is 4.13. The number of fused-ring (bicyclic) bond motifs is 1. The maximum Gasteiger partial charge on any atom is 0.0724 e. The fraction of sp³-hybridized carbons (Fsp3) is 0.400. The minimum absolute atomic E-state index is 0.521. The molecule has 3 rings (SSSR count). The van der Waals surface area contributed by atoms with Crippen molar-refractivity contribution in [1.29, 1.82) is 0 Å². The van der Waals surface area contributed by atoms with E-state index in [0.717, 1.165) is 35.4 Å². The largest absolute Gasteiger partial charge is 0.397 e. The fourth-order valence-electron chi connectivity index (χ4n) is 2.67. The number of rotatable bonds is 2. The summed E-state index contributed by atoms with van der Waals surface area (Å²) in [6, 6.07) is 8.55. The minimum Gasteiger partial charge on any atom is -0.397 e. The van der Waals surface area contributed by atoms with Crippen LogP contribution in [0, 0.1) is 0 Å². The van der Waals surface area contributed by atoms with Gasteiger partial charge < -0.3 is 16.0 Å². The summed E-state index contributed by atoms with van der Waals surface area (Å²) >= 11 is 0. The van der Waals surface area contributed by atoms with Crippen molar-refractivity contribution in [3.05, 3.63) is 30.5 Å². The maximum absolute atomic E-state index is 6.25. The van der Waals surface area contributed by atoms with Crippen molar-refractivity contribution in [1.82, 2.24) is 9.88 Å². The lowest BCUT2D eigenvalue weighted by Gasteiger charge is -2.30. The molecule has 0 aliphatic carbocycles. The van der Waals surface area contributed by atoms with Crippen LogP contribution in [0.5, 0.6) is 0 Å². The van der Waals surface area contributed by atoms with Crippen LogP contribution >= 0.6 is 0 Å². The van der Waals surface area contributed by atoms with E-state index < -0.39 is 0 Å². The molecule has 100 valence electrons. The molecular weight excluding hydrogens is 236 g/mol. The number of nitrogens with zero attached hydrogens (tertiary/aromatic N) is 2. The molecule has 1 saturated heterocycles. The Morgan fingerprint density at radius 3 is 2.84 bits per heavy atom. The molecule has 0 saturated carbocycles. The molecule has 3 N–H and O–H groups in total. The zero-order chi connectivity index (χ0) is 13.2. The number of anilines is 2. The second-order valence-electron chi connectivity index (χ2n) is 5.32. The summed E-state index contributed by atoms with van der Waals surface area (Å²) in [5, 5.41) is 4.61. The summed E-state index contributed by atoms with van der Waals surface area (Å²) in [4.78, 5) is 6.69. The molecule has 1 aromatic heterocycles. The number of benzene rings is 1. The molecule has 1 aliphatic rings. The number of nitrogens with two attached hydrogens (primary N) is 1. The van der Waals surface area contributed by atoms with Crippen molar-refractivity contribution in [2.24, 2.45) is 0 Å². The summed E-state index contributed by atoms with van der Waals surface area (Å²) in [7, 11) is 2.17. The van der Waals surface area contributed by atoms with Crippen molar-refractivity contribution < 1.29 is 0 Å². The van der Waals surface area contributed by atoms with Crippen LogP contribution in [0.4, 0.5) is 11.4 Å². The minimum atomic E-state index is 0.521. The van der Waals surface area contributed by atoms with Gasteiger partial charge in [-0.15, -0.1) is 0 Å². The quantitative estimate of drug-likeness (QED) is 0.810. The standard InChI is InChI=1S/C15H20N4/c1-19-9-6-11(7-10-19)18-14-5-4-13-12(15(14)16)3-2-8-17-13/h2-5,8,11,18H,6-7,9-10,16H2,1H3. The number of hydrogen-bond donors (Lipinski definition) is 2. The fourth-order valence-corrected chi connectivity index (χ4v) is 2.67. The Balaban J connectivity index is 1.83. The first-order valence-electron chi connectivity index (χ1n) is 6.82. The van der Waals surface area contributed by atoms with Crippen LogP contribution in [-0.4, -0.2) is 36.1 Å². The van der Waals surface area contributed by atoms with Crippen molar-refractivity contribution in [3.63, 3.8) is 0 Å². The number of likely N-dealkylation sites (tertiary alicyclic amines) is 1. The van der Waals surface area contributed by atoms with Crippen LogP contribution in [0.3, 0.4) is 0 Å². The Hall–Kier alpha value is -1.81. The molecule has 0 radical (unpaired) electrons. The molecule has 2 heterocycles. The third-order valence-electron chi connectivity index (χ3n) is 3.90. The Bertz CT molecular complexity index is 573. The van der Waals surface area contributed by atoms with Crippen LogP contribution in [0.1, 0.15) is 12.8 Å². The molecule has 4 heteroatoms. The molecule has 0 unspecified atom stereocenters. The van der Waals surface area contributed by atoms with Crippen molar-refractivity contribution in [2.75, 3.05) is 31.2 Å². The van der Waals surface area contributed by atoms with Gasteiger partial charge in [-0.1, -0.05) is 0 Å². The van der Waals surface area contributed by atoms with Gasteiger partial charge in [0.15, 0.2) is 0 Å². The highest BCUT2D eigenvalue weighted by atomic mass is 15.1. The lowest BCUT2D eigenvalue weighted by atomic mass is 10.0. The monoisotopic (exact) mass is 256 g/mol. The van der Waals surface area contributed by atoms with Gasteiger partial charge in [0, 0.05) is 17.6 Å². The van der Waals surface area contributed by atoms with E-state index in [1.165, 1.54) is 12.8 Å². The molecule has 19 heavy (non-hydrogen) atoms. The second-order valence-corrected chi connectivity index (χ2v) is 5.32. The lowest BCUT2D eigenvalue weighted by molar-refractivity contribution is 0.264. The first-order valence-corrected chi connectivity index (χ1v) is 6.82. The third kappa shape index (κ3) is 2.49. The average molecular weight is 256 g/mol. The number of piperidine rings is 1. The molecule has 0 spiro atoms. The van der Waals surface area contributed by atoms with Gasteiger partial charge in [0.1, 0.15) is 0 Å². The van der Waals surface area contributed by atoms with E-state index in [-0.39, 0.29) is 0 Å². The van der Waals surface area contributed by atoms with Gasteiger partial charge in [0.25, 0.3) is 0 Å². The van der Waals surface area contributed by atoms with Crippen LogP contribution in [0.15, 0.2) is 30.5 Å². The van der Waals surface area contributed by atoms with Crippen molar-refractivity contribution in [3.8, 4) is 0 Å². The highest BCUT2D eigenvalue weighted by molar-refractivity contribution is 5.96. The smallest absolute Gasteiger partial charge is 0.0724 e. The van der Waals surface area contributed by atoms with E-state index in [0.29, 0.717) is 6.04 Å². The van der Waals surface area contributed by atoms with Crippen LogP contribution in [-0.2, 0) is 0 Å². The highest BCUT2D eigenvalue weighted by Gasteiger charge is 2.17. The van der Waals surface area contributed by atoms with E-state index in [4.69, 9.17) is 5.73 Å². The van der Waals surface area contributed by atoms with Crippen LogP contribution in [0.25, 0.3) is 10.9 Å². The normalized spacial score (nSPS) is 17.7. The van der Waals surface area contributed by atoms with Crippen molar-refractivity contribution in [2.45, 2.75) is 18.9 Å². The maximum atomic E-state index is 6.25. The van der Waals surface area contributed by atoms with Crippen LogP contribution in [0.2, 0.25) is 0 Å². The Labute approximate surface area is 113 Å². The molecule has 1 aromatic carbocycles. The topological polar surface area (TPSA) is 54.2 Å². The van der Waals surface area contributed by atoms with E-state index in [1.807, 2.05) is 24.3 Å². The molecule has 1 aliphatic heterocycles. The Morgan fingerprint density at radius 2 is 2.05 bits per heavy atom.